The van der Waals surface area contributed by atoms with Gasteiger partial charge in [-0.15, -0.1) is 0 Å². The van der Waals surface area contributed by atoms with Crippen LogP contribution in [0.4, 0.5) is 5.82 Å². The maximum absolute atomic E-state index is 5.22. The molecule has 100 valence electrons. The van der Waals surface area contributed by atoms with Crippen molar-refractivity contribution in [2.45, 2.75) is 19.4 Å². The van der Waals surface area contributed by atoms with Gasteiger partial charge in [0.2, 0.25) is 0 Å². The van der Waals surface area contributed by atoms with E-state index in [-0.39, 0.29) is 0 Å². The molecule has 0 atom stereocenters. The Hall–Kier alpha value is -1.13. The molecule has 1 saturated heterocycles. The Balaban J connectivity index is 1.89. The fourth-order valence-electron chi connectivity index (χ4n) is 2.48. The molecule has 0 amide bonds. The molecule has 2 rings (SSSR count). The molecular formula is C14H23N3O. The largest absolute Gasteiger partial charge is 0.384 e. The molecule has 0 unspecified atom stereocenters. The van der Waals surface area contributed by atoms with Crippen LogP contribution in [0.15, 0.2) is 18.3 Å². The highest BCUT2D eigenvalue weighted by molar-refractivity contribution is 5.39. The predicted molar refractivity (Wildman–Crippen MR) is 73.8 cm³/mol. The summed E-state index contributed by atoms with van der Waals surface area (Å²) in [6, 6.07) is 4.28. The summed E-state index contributed by atoms with van der Waals surface area (Å²) >= 11 is 0. The van der Waals surface area contributed by atoms with Crippen LogP contribution in [-0.2, 0) is 11.3 Å². The number of nitrogens with zero attached hydrogens (tertiary/aromatic N) is 2. The Morgan fingerprint density at radius 1 is 1.39 bits per heavy atom. The standard InChI is InChI=1S/C14H23N3O/c1-15-9-13-3-4-14(16-10-13)17-7-5-12(6-8-17)11-18-2/h3-4,10,12,15H,5-9,11H2,1-2H3. The van der Waals surface area contributed by atoms with E-state index in [2.05, 4.69) is 27.3 Å². The van der Waals surface area contributed by atoms with Gasteiger partial charge in [0.25, 0.3) is 0 Å². The first kappa shape index (κ1) is 13.3. The molecule has 2 heterocycles. The van der Waals surface area contributed by atoms with Crippen molar-refractivity contribution in [1.29, 1.82) is 0 Å². The zero-order valence-electron chi connectivity index (χ0n) is 11.4. The number of ether oxygens (including phenoxy) is 1. The highest BCUT2D eigenvalue weighted by atomic mass is 16.5. The molecule has 1 aliphatic rings. The van der Waals surface area contributed by atoms with Crippen molar-refractivity contribution in [3.05, 3.63) is 23.9 Å². The third kappa shape index (κ3) is 3.43. The van der Waals surface area contributed by atoms with Crippen LogP contribution >= 0.6 is 0 Å². The van der Waals surface area contributed by atoms with Crippen LogP contribution in [-0.4, -0.2) is 38.8 Å². The smallest absolute Gasteiger partial charge is 0.128 e. The molecule has 18 heavy (non-hydrogen) atoms. The van der Waals surface area contributed by atoms with E-state index in [9.17, 15) is 0 Å². The van der Waals surface area contributed by atoms with Crippen molar-refractivity contribution in [2.24, 2.45) is 5.92 Å². The number of aromatic nitrogens is 1. The van der Waals surface area contributed by atoms with Crippen molar-refractivity contribution >= 4 is 5.82 Å². The number of pyridine rings is 1. The van der Waals surface area contributed by atoms with Gasteiger partial charge in [-0.3, -0.25) is 0 Å². The lowest BCUT2D eigenvalue weighted by molar-refractivity contribution is 0.139. The van der Waals surface area contributed by atoms with Gasteiger partial charge in [0.1, 0.15) is 5.82 Å². The van der Waals surface area contributed by atoms with Gasteiger partial charge < -0.3 is 15.0 Å². The average molecular weight is 249 g/mol. The van der Waals surface area contributed by atoms with Crippen molar-refractivity contribution in [1.82, 2.24) is 10.3 Å². The molecule has 0 radical (unpaired) electrons. The van der Waals surface area contributed by atoms with Crippen LogP contribution in [0.3, 0.4) is 0 Å². The van der Waals surface area contributed by atoms with E-state index < -0.39 is 0 Å². The maximum Gasteiger partial charge on any atom is 0.128 e. The van der Waals surface area contributed by atoms with E-state index in [4.69, 9.17) is 4.74 Å². The highest BCUT2D eigenvalue weighted by Crippen LogP contribution is 2.21. The first-order valence-electron chi connectivity index (χ1n) is 6.67. The van der Waals surface area contributed by atoms with E-state index in [0.717, 1.165) is 38.0 Å². The number of hydrogen-bond acceptors (Lipinski definition) is 4. The maximum atomic E-state index is 5.22. The molecule has 0 aliphatic carbocycles. The molecule has 0 bridgehead atoms. The van der Waals surface area contributed by atoms with Crippen molar-refractivity contribution in [3.63, 3.8) is 0 Å². The van der Waals surface area contributed by atoms with E-state index in [0.29, 0.717) is 0 Å². The molecule has 1 aliphatic heterocycles. The number of anilines is 1. The third-order valence-electron chi connectivity index (χ3n) is 3.53. The van der Waals surface area contributed by atoms with Gasteiger partial charge in [0.15, 0.2) is 0 Å². The summed E-state index contributed by atoms with van der Waals surface area (Å²) in [7, 11) is 3.74. The second-order valence-electron chi connectivity index (χ2n) is 4.94. The highest BCUT2D eigenvalue weighted by Gasteiger charge is 2.19. The molecule has 1 fully saturated rings. The minimum absolute atomic E-state index is 0.717. The fourth-order valence-corrected chi connectivity index (χ4v) is 2.48. The Morgan fingerprint density at radius 3 is 2.72 bits per heavy atom. The third-order valence-corrected chi connectivity index (χ3v) is 3.53. The minimum atomic E-state index is 0.717. The number of rotatable bonds is 5. The second kappa shape index (κ2) is 6.71. The first-order chi connectivity index (χ1) is 8.83. The Kier molecular flexibility index (Phi) is 4.96. The Bertz CT molecular complexity index is 345. The number of hydrogen-bond donors (Lipinski definition) is 1. The van der Waals surface area contributed by atoms with Crippen LogP contribution in [0.2, 0.25) is 0 Å². The average Bonchev–Trinajstić information content (AvgIpc) is 2.41. The SMILES string of the molecule is CNCc1ccc(N2CCC(COC)CC2)nc1. The molecule has 4 heteroatoms. The van der Waals surface area contributed by atoms with Gasteiger partial charge in [-0.2, -0.15) is 0 Å². The van der Waals surface area contributed by atoms with Crippen LogP contribution in [0, 0.1) is 5.92 Å². The number of nitrogens with one attached hydrogen (secondary N) is 1. The fraction of sp³-hybridized carbons (Fsp3) is 0.643. The van der Waals surface area contributed by atoms with Crippen molar-refractivity contribution in [3.8, 4) is 0 Å². The van der Waals surface area contributed by atoms with Gasteiger partial charge in [-0.05, 0) is 37.4 Å². The molecule has 0 aromatic carbocycles. The van der Waals surface area contributed by atoms with Crippen LogP contribution in [0.5, 0.6) is 0 Å². The molecule has 1 aromatic heterocycles. The lowest BCUT2D eigenvalue weighted by Gasteiger charge is -2.32. The zero-order chi connectivity index (χ0) is 12.8. The lowest BCUT2D eigenvalue weighted by atomic mass is 9.98. The van der Waals surface area contributed by atoms with Crippen LogP contribution in [0.1, 0.15) is 18.4 Å². The normalized spacial score (nSPS) is 17.1. The monoisotopic (exact) mass is 249 g/mol. The summed E-state index contributed by atoms with van der Waals surface area (Å²) in [5, 5.41) is 3.14. The van der Waals surface area contributed by atoms with Gasteiger partial charge in [-0.25, -0.2) is 4.98 Å². The topological polar surface area (TPSA) is 37.4 Å². The summed E-state index contributed by atoms with van der Waals surface area (Å²) in [5.74, 6) is 1.82. The van der Waals surface area contributed by atoms with E-state index in [1.165, 1.54) is 18.4 Å². The van der Waals surface area contributed by atoms with Gasteiger partial charge in [0.05, 0.1) is 0 Å². The molecule has 1 N–H and O–H groups in total. The van der Waals surface area contributed by atoms with Gasteiger partial charge >= 0.3 is 0 Å². The van der Waals surface area contributed by atoms with E-state index in [1.54, 1.807) is 7.11 Å². The molecule has 4 nitrogen and oxygen atoms in total. The zero-order valence-corrected chi connectivity index (χ0v) is 11.4. The predicted octanol–water partition coefficient (Wildman–Crippen LogP) is 1.66. The number of piperidine rings is 1. The van der Waals surface area contributed by atoms with Crippen LogP contribution < -0.4 is 10.2 Å². The summed E-state index contributed by atoms with van der Waals surface area (Å²) in [6.07, 6.45) is 4.37. The van der Waals surface area contributed by atoms with Crippen LogP contribution in [0.25, 0.3) is 0 Å². The minimum Gasteiger partial charge on any atom is -0.384 e. The quantitative estimate of drug-likeness (QED) is 0.861. The molecular weight excluding hydrogens is 226 g/mol. The van der Waals surface area contributed by atoms with Gasteiger partial charge in [0, 0.05) is 39.5 Å². The van der Waals surface area contributed by atoms with E-state index >= 15 is 0 Å². The Morgan fingerprint density at radius 2 is 2.17 bits per heavy atom. The lowest BCUT2D eigenvalue weighted by Crippen LogP contribution is -2.35. The summed E-state index contributed by atoms with van der Waals surface area (Å²) in [5.41, 5.74) is 1.23. The molecule has 0 spiro atoms. The second-order valence-corrected chi connectivity index (χ2v) is 4.94. The summed E-state index contributed by atoms with van der Waals surface area (Å²) in [4.78, 5) is 6.92. The molecule has 1 aromatic rings. The first-order valence-corrected chi connectivity index (χ1v) is 6.67. The summed E-state index contributed by atoms with van der Waals surface area (Å²) < 4.78 is 5.22. The van der Waals surface area contributed by atoms with Gasteiger partial charge in [-0.1, -0.05) is 6.07 Å². The summed E-state index contributed by atoms with van der Waals surface area (Å²) in [6.45, 7) is 3.95. The van der Waals surface area contributed by atoms with Crippen molar-refractivity contribution in [2.75, 3.05) is 38.8 Å². The Labute approximate surface area is 109 Å². The number of methoxy groups -OCH3 is 1. The molecule has 0 saturated carbocycles. The van der Waals surface area contributed by atoms with Crippen molar-refractivity contribution < 1.29 is 4.74 Å². The van der Waals surface area contributed by atoms with E-state index in [1.807, 2.05) is 13.2 Å².